The molecule has 106 valence electrons. The first-order valence-corrected chi connectivity index (χ1v) is 7.30. The number of benzene rings is 1. The maximum Gasteiger partial charge on any atom is 0.163 e. The maximum absolute atomic E-state index is 6.22. The molecule has 0 fully saturated rings. The van der Waals surface area contributed by atoms with Gasteiger partial charge in [-0.05, 0) is 28.1 Å². The predicted molar refractivity (Wildman–Crippen MR) is 85.4 cm³/mol. The normalized spacial score (nSPS) is 10.7. The summed E-state index contributed by atoms with van der Waals surface area (Å²) in [5.41, 5.74) is 1.42. The van der Waals surface area contributed by atoms with Crippen molar-refractivity contribution in [3.8, 4) is 11.4 Å². The summed E-state index contributed by atoms with van der Waals surface area (Å²) in [7, 11) is 3.40. The largest absolute Gasteiger partial charge is 0.378 e. The third-order valence-electron chi connectivity index (χ3n) is 2.63. The quantitative estimate of drug-likeness (QED) is 0.858. The summed E-state index contributed by atoms with van der Waals surface area (Å²) < 4.78 is 5.91. The van der Waals surface area contributed by atoms with Crippen molar-refractivity contribution in [2.24, 2.45) is 0 Å². The summed E-state index contributed by atoms with van der Waals surface area (Å²) in [4.78, 5) is 8.91. The molecule has 4 nitrogen and oxygen atoms in total. The van der Waals surface area contributed by atoms with Crippen molar-refractivity contribution in [1.29, 1.82) is 0 Å². The minimum Gasteiger partial charge on any atom is -0.378 e. The number of aromatic nitrogens is 2. The van der Waals surface area contributed by atoms with E-state index in [2.05, 4.69) is 31.2 Å². The average Bonchev–Trinajstić information content (AvgIpc) is 2.44. The Morgan fingerprint density at radius 2 is 2.05 bits per heavy atom. The SMILES string of the molecule is CNc1nc(-c2cccc(Cl)c2Cl)nc(COC)c1Br. The van der Waals surface area contributed by atoms with Gasteiger partial charge in [0, 0.05) is 19.7 Å². The van der Waals surface area contributed by atoms with Gasteiger partial charge in [0.1, 0.15) is 5.82 Å². The Morgan fingerprint density at radius 3 is 2.70 bits per heavy atom. The molecule has 0 amide bonds. The van der Waals surface area contributed by atoms with Crippen molar-refractivity contribution in [1.82, 2.24) is 9.97 Å². The van der Waals surface area contributed by atoms with Gasteiger partial charge in [-0.15, -0.1) is 0 Å². The van der Waals surface area contributed by atoms with Gasteiger partial charge in [0.15, 0.2) is 5.82 Å². The molecular formula is C13H12BrCl2N3O. The molecule has 0 atom stereocenters. The minimum atomic E-state index is 0.364. The van der Waals surface area contributed by atoms with E-state index in [1.807, 2.05) is 12.1 Å². The first-order chi connectivity index (χ1) is 9.58. The number of nitrogens with zero attached hydrogens (tertiary/aromatic N) is 2. The van der Waals surface area contributed by atoms with Crippen molar-refractivity contribution in [3.63, 3.8) is 0 Å². The summed E-state index contributed by atoms with van der Waals surface area (Å²) in [6, 6.07) is 5.36. The summed E-state index contributed by atoms with van der Waals surface area (Å²) in [5.74, 6) is 1.16. The van der Waals surface area contributed by atoms with E-state index < -0.39 is 0 Å². The fraction of sp³-hybridized carbons (Fsp3) is 0.231. The highest BCUT2D eigenvalue weighted by Crippen LogP contribution is 2.34. The minimum absolute atomic E-state index is 0.364. The zero-order valence-corrected chi connectivity index (χ0v) is 14.0. The molecule has 1 aromatic heterocycles. The van der Waals surface area contributed by atoms with Crippen molar-refractivity contribution in [2.45, 2.75) is 6.61 Å². The van der Waals surface area contributed by atoms with E-state index in [0.717, 1.165) is 10.2 Å². The van der Waals surface area contributed by atoms with E-state index in [4.69, 9.17) is 27.9 Å². The van der Waals surface area contributed by atoms with Crippen LogP contribution in [0.15, 0.2) is 22.7 Å². The van der Waals surface area contributed by atoms with Crippen LogP contribution >= 0.6 is 39.1 Å². The first kappa shape index (κ1) is 15.5. The molecule has 0 spiro atoms. The molecule has 1 N–H and O–H groups in total. The highest BCUT2D eigenvalue weighted by Gasteiger charge is 2.15. The number of halogens is 3. The Morgan fingerprint density at radius 1 is 1.30 bits per heavy atom. The number of nitrogens with one attached hydrogen (secondary N) is 1. The predicted octanol–water partition coefficient (Wildman–Crippen LogP) is 4.40. The van der Waals surface area contributed by atoms with Crippen molar-refractivity contribution >= 4 is 44.9 Å². The first-order valence-electron chi connectivity index (χ1n) is 5.76. The third-order valence-corrected chi connectivity index (χ3v) is 4.28. The molecule has 1 aromatic carbocycles. The third kappa shape index (κ3) is 3.06. The number of hydrogen-bond acceptors (Lipinski definition) is 4. The van der Waals surface area contributed by atoms with Crippen LogP contribution in [0.25, 0.3) is 11.4 Å². The summed E-state index contributed by atoms with van der Waals surface area (Å²) >= 11 is 15.7. The van der Waals surface area contributed by atoms with Crippen LogP contribution in [0.2, 0.25) is 10.0 Å². The van der Waals surface area contributed by atoms with Crippen LogP contribution in [-0.4, -0.2) is 24.1 Å². The highest BCUT2D eigenvalue weighted by molar-refractivity contribution is 9.10. The molecule has 0 radical (unpaired) electrons. The lowest BCUT2D eigenvalue weighted by molar-refractivity contribution is 0.181. The Hall–Kier alpha value is -0.880. The van der Waals surface area contributed by atoms with Gasteiger partial charge in [0.2, 0.25) is 0 Å². The van der Waals surface area contributed by atoms with Gasteiger partial charge < -0.3 is 10.1 Å². The van der Waals surface area contributed by atoms with Crippen molar-refractivity contribution in [2.75, 3.05) is 19.5 Å². The van der Waals surface area contributed by atoms with Gasteiger partial charge in [-0.1, -0.05) is 29.3 Å². The second-order valence-electron chi connectivity index (χ2n) is 3.94. The molecule has 7 heteroatoms. The van der Waals surface area contributed by atoms with Crippen molar-refractivity contribution < 1.29 is 4.74 Å². The Kier molecular flexibility index (Phi) is 5.21. The number of anilines is 1. The zero-order chi connectivity index (χ0) is 14.7. The molecule has 2 aromatic rings. The summed E-state index contributed by atoms with van der Waals surface area (Å²) in [5, 5.41) is 3.91. The monoisotopic (exact) mass is 375 g/mol. The molecule has 0 unspecified atom stereocenters. The van der Waals surface area contributed by atoms with E-state index in [-0.39, 0.29) is 0 Å². The maximum atomic E-state index is 6.22. The van der Waals surface area contributed by atoms with Crippen LogP contribution in [0, 0.1) is 0 Å². The summed E-state index contributed by atoms with van der Waals surface area (Å²) in [6.07, 6.45) is 0. The molecule has 0 aliphatic rings. The van der Waals surface area contributed by atoms with Crippen LogP contribution in [0.3, 0.4) is 0 Å². The van der Waals surface area contributed by atoms with Gasteiger partial charge >= 0.3 is 0 Å². The van der Waals surface area contributed by atoms with Crippen LogP contribution in [0.1, 0.15) is 5.69 Å². The molecule has 0 bridgehead atoms. The second-order valence-corrected chi connectivity index (χ2v) is 5.52. The fourth-order valence-electron chi connectivity index (χ4n) is 1.69. The van der Waals surface area contributed by atoms with Crippen LogP contribution in [0.5, 0.6) is 0 Å². The number of rotatable bonds is 4. The van der Waals surface area contributed by atoms with Gasteiger partial charge in [-0.3, -0.25) is 0 Å². The van der Waals surface area contributed by atoms with Crippen LogP contribution in [-0.2, 0) is 11.3 Å². The highest BCUT2D eigenvalue weighted by atomic mass is 79.9. The lowest BCUT2D eigenvalue weighted by atomic mass is 10.2. The smallest absolute Gasteiger partial charge is 0.163 e. The zero-order valence-electron chi connectivity index (χ0n) is 10.9. The average molecular weight is 377 g/mol. The van der Waals surface area contributed by atoms with E-state index in [9.17, 15) is 0 Å². The number of hydrogen-bond donors (Lipinski definition) is 1. The van der Waals surface area contributed by atoms with Crippen LogP contribution in [0.4, 0.5) is 5.82 Å². The number of ether oxygens (including phenoxy) is 1. The van der Waals surface area contributed by atoms with E-state index in [0.29, 0.717) is 33.9 Å². The van der Waals surface area contributed by atoms with Gasteiger partial charge in [0.25, 0.3) is 0 Å². The fourth-order valence-corrected chi connectivity index (χ4v) is 2.56. The standard InChI is InChI=1S/C13H12BrCl2N3O/c1-17-13-10(14)9(6-20-2)18-12(19-13)7-4-3-5-8(15)11(7)16/h3-5H,6H2,1-2H3,(H,17,18,19). The molecule has 0 aliphatic heterocycles. The Bertz CT molecular complexity index is 637. The van der Waals surface area contributed by atoms with Crippen molar-refractivity contribution in [3.05, 3.63) is 38.4 Å². The lowest BCUT2D eigenvalue weighted by Gasteiger charge is -2.12. The summed E-state index contributed by atoms with van der Waals surface area (Å²) in [6.45, 7) is 0.364. The van der Waals surface area contributed by atoms with E-state index >= 15 is 0 Å². The molecular weight excluding hydrogens is 365 g/mol. The molecule has 0 saturated carbocycles. The molecule has 2 rings (SSSR count). The topological polar surface area (TPSA) is 47.0 Å². The molecule has 0 aliphatic carbocycles. The Balaban J connectivity index is 2.62. The lowest BCUT2D eigenvalue weighted by Crippen LogP contribution is -2.04. The second kappa shape index (κ2) is 6.72. The van der Waals surface area contributed by atoms with Crippen LogP contribution < -0.4 is 5.32 Å². The van der Waals surface area contributed by atoms with Gasteiger partial charge in [-0.2, -0.15) is 0 Å². The number of methoxy groups -OCH3 is 1. The molecule has 0 saturated heterocycles. The van der Waals surface area contributed by atoms with Gasteiger partial charge in [-0.25, -0.2) is 9.97 Å². The molecule has 20 heavy (non-hydrogen) atoms. The van der Waals surface area contributed by atoms with E-state index in [1.54, 1.807) is 20.2 Å². The van der Waals surface area contributed by atoms with Gasteiger partial charge in [0.05, 0.1) is 26.8 Å². The molecule has 1 heterocycles. The Labute approximate surface area is 135 Å². The van der Waals surface area contributed by atoms with E-state index in [1.165, 1.54) is 0 Å².